The monoisotopic (exact) mass is 458 g/mol. The summed E-state index contributed by atoms with van der Waals surface area (Å²) in [5, 5.41) is 34.3. The van der Waals surface area contributed by atoms with Crippen LogP contribution in [0.15, 0.2) is 77.8 Å². The van der Waals surface area contributed by atoms with Crippen molar-refractivity contribution in [2.24, 2.45) is 4.99 Å². The van der Waals surface area contributed by atoms with Crippen molar-refractivity contribution in [1.82, 2.24) is 10.3 Å². The summed E-state index contributed by atoms with van der Waals surface area (Å²) in [6.07, 6.45) is 0.0507. The third-order valence-corrected chi connectivity index (χ3v) is 5.28. The maximum absolute atomic E-state index is 11.3. The number of carboxylic acids is 1. The van der Waals surface area contributed by atoms with Gasteiger partial charge in [-0.25, -0.2) is 4.99 Å². The van der Waals surface area contributed by atoms with Crippen LogP contribution in [0.25, 0.3) is 10.9 Å². The van der Waals surface area contributed by atoms with Gasteiger partial charge in [0.05, 0.1) is 28.3 Å². The molecule has 0 bridgehead atoms. The fourth-order valence-corrected chi connectivity index (χ4v) is 3.63. The number of non-ortho nitro benzene ring substituents is 1. The number of aliphatic imine (C=N–C) groups is 1. The lowest BCUT2D eigenvalue weighted by Gasteiger charge is -2.08. The van der Waals surface area contributed by atoms with Gasteiger partial charge in [-0.15, -0.1) is 0 Å². The van der Waals surface area contributed by atoms with Crippen LogP contribution in [0.5, 0.6) is 5.88 Å². The summed E-state index contributed by atoms with van der Waals surface area (Å²) < 4.78 is 0. The van der Waals surface area contributed by atoms with Crippen LogP contribution in [0.2, 0.25) is 0 Å². The van der Waals surface area contributed by atoms with Crippen molar-refractivity contribution in [1.29, 1.82) is 0 Å². The lowest BCUT2D eigenvalue weighted by atomic mass is 10.0. The number of nitrogens with zero attached hydrogens (tertiary/aromatic N) is 2. The number of nitrogens with one attached hydrogen (secondary N) is 2. The maximum Gasteiger partial charge on any atom is 0.304 e. The van der Waals surface area contributed by atoms with Crippen molar-refractivity contribution in [2.75, 3.05) is 6.54 Å². The third kappa shape index (κ3) is 5.11. The molecule has 0 amide bonds. The summed E-state index contributed by atoms with van der Waals surface area (Å²) in [5.74, 6) is -0.978. The number of fused-ring (bicyclic) bond motifs is 1. The predicted octanol–water partition coefficient (Wildman–Crippen LogP) is 4.52. The van der Waals surface area contributed by atoms with Gasteiger partial charge < -0.3 is 20.5 Å². The minimum Gasteiger partial charge on any atom is -0.494 e. The fourth-order valence-electron chi connectivity index (χ4n) is 3.63. The molecule has 4 N–H and O–H groups in total. The van der Waals surface area contributed by atoms with Gasteiger partial charge in [-0.3, -0.25) is 14.9 Å². The molecule has 1 aromatic heterocycles. The molecule has 4 aromatic rings. The molecule has 4 rings (SSSR count). The molecule has 1 heterocycles. The van der Waals surface area contributed by atoms with E-state index in [1.54, 1.807) is 6.07 Å². The van der Waals surface area contributed by atoms with Crippen LogP contribution in [-0.2, 0) is 11.3 Å². The number of aromatic nitrogens is 1. The second kappa shape index (κ2) is 9.97. The number of nitro groups is 1. The number of H-pyrrole nitrogens is 1. The Morgan fingerprint density at radius 2 is 1.79 bits per heavy atom. The molecule has 0 unspecified atom stereocenters. The van der Waals surface area contributed by atoms with Crippen LogP contribution in [-0.4, -0.2) is 38.3 Å². The summed E-state index contributed by atoms with van der Waals surface area (Å²) in [7, 11) is 0. The topological polar surface area (TPSA) is 141 Å². The van der Waals surface area contributed by atoms with Crippen molar-refractivity contribution in [3.05, 3.63) is 99.6 Å². The molecule has 172 valence electrons. The van der Waals surface area contributed by atoms with Crippen LogP contribution >= 0.6 is 0 Å². The number of aromatic hydroxyl groups is 1. The molecule has 3 aromatic carbocycles. The molecule has 0 atom stereocenters. The molecule has 0 saturated carbocycles. The van der Waals surface area contributed by atoms with E-state index in [2.05, 4.69) is 10.3 Å². The van der Waals surface area contributed by atoms with Gasteiger partial charge in [0, 0.05) is 41.7 Å². The Balaban J connectivity index is 1.73. The number of rotatable bonds is 9. The zero-order valence-corrected chi connectivity index (χ0v) is 18.1. The van der Waals surface area contributed by atoms with E-state index in [0.29, 0.717) is 41.0 Å². The van der Waals surface area contributed by atoms with Gasteiger partial charge in [-0.1, -0.05) is 42.5 Å². The van der Waals surface area contributed by atoms with E-state index in [4.69, 9.17) is 10.1 Å². The predicted molar refractivity (Wildman–Crippen MR) is 129 cm³/mol. The molecule has 0 aliphatic rings. The lowest BCUT2D eigenvalue weighted by Crippen LogP contribution is -2.17. The Labute approximate surface area is 194 Å². The summed E-state index contributed by atoms with van der Waals surface area (Å²) >= 11 is 0. The molecular weight excluding hydrogens is 436 g/mol. The smallest absolute Gasteiger partial charge is 0.304 e. The van der Waals surface area contributed by atoms with E-state index in [1.165, 1.54) is 12.1 Å². The molecular formula is C25H22N4O5. The van der Waals surface area contributed by atoms with E-state index in [9.17, 15) is 20.0 Å². The highest BCUT2D eigenvalue weighted by atomic mass is 16.6. The first-order valence-electron chi connectivity index (χ1n) is 10.6. The molecule has 0 aliphatic carbocycles. The van der Waals surface area contributed by atoms with Crippen molar-refractivity contribution < 1.29 is 19.9 Å². The van der Waals surface area contributed by atoms with Crippen LogP contribution in [0.3, 0.4) is 0 Å². The Bertz CT molecular complexity index is 1360. The first-order valence-corrected chi connectivity index (χ1v) is 10.6. The Kier molecular flexibility index (Phi) is 6.65. The largest absolute Gasteiger partial charge is 0.494 e. The number of hydrogen-bond acceptors (Lipinski definition) is 6. The lowest BCUT2D eigenvalue weighted by molar-refractivity contribution is -0.384. The summed E-state index contributed by atoms with van der Waals surface area (Å²) in [4.78, 5) is 29.1. The number of hydrogen-bond donors (Lipinski definition) is 4. The van der Waals surface area contributed by atoms with E-state index in [0.717, 1.165) is 11.1 Å². The zero-order chi connectivity index (χ0) is 24.1. The Morgan fingerprint density at radius 1 is 1.06 bits per heavy atom. The van der Waals surface area contributed by atoms with Gasteiger partial charge in [0.15, 0.2) is 5.88 Å². The number of aliphatic carboxylic acids is 1. The molecule has 0 aliphatic heterocycles. The van der Waals surface area contributed by atoms with E-state index in [-0.39, 0.29) is 18.0 Å². The highest BCUT2D eigenvalue weighted by molar-refractivity contribution is 6.22. The average Bonchev–Trinajstić information content (AvgIpc) is 3.16. The third-order valence-electron chi connectivity index (χ3n) is 5.28. The van der Waals surface area contributed by atoms with E-state index in [1.807, 2.05) is 54.6 Å². The molecule has 0 saturated heterocycles. The maximum atomic E-state index is 11.3. The fraction of sp³-hybridized carbons (Fsp3) is 0.120. The number of nitro benzene ring substituents is 1. The molecule has 34 heavy (non-hydrogen) atoms. The Morgan fingerprint density at radius 3 is 2.47 bits per heavy atom. The highest BCUT2D eigenvalue weighted by Gasteiger charge is 2.20. The summed E-state index contributed by atoms with van der Waals surface area (Å²) in [6, 6.07) is 21.1. The van der Waals surface area contributed by atoms with Gasteiger partial charge in [-0.2, -0.15) is 0 Å². The average molecular weight is 458 g/mol. The molecule has 0 radical (unpaired) electrons. The molecule has 9 heteroatoms. The van der Waals surface area contributed by atoms with E-state index >= 15 is 0 Å². The van der Waals surface area contributed by atoms with Crippen LogP contribution in [0, 0.1) is 10.1 Å². The van der Waals surface area contributed by atoms with Gasteiger partial charge in [0.25, 0.3) is 5.69 Å². The molecule has 0 fully saturated rings. The summed E-state index contributed by atoms with van der Waals surface area (Å²) in [5.41, 5.74) is 3.67. The van der Waals surface area contributed by atoms with Gasteiger partial charge in [0.2, 0.25) is 0 Å². The zero-order valence-electron chi connectivity index (χ0n) is 18.1. The van der Waals surface area contributed by atoms with Crippen molar-refractivity contribution >= 4 is 34.0 Å². The van der Waals surface area contributed by atoms with Crippen molar-refractivity contribution in [2.45, 2.75) is 13.0 Å². The molecule has 0 spiro atoms. The SMILES string of the molecule is O=C(O)CCNCc1ccc(N=C(c2ccccc2)c2c(O)[nH]c3ccc([N+](=O)[O-])cc23)cc1. The van der Waals surface area contributed by atoms with Gasteiger partial charge >= 0.3 is 5.97 Å². The number of benzene rings is 3. The highest BCUT2D eigenvalue weighted by Crippen LogP contribution is 2.33. The first-order chi connectivity index (χ1) is 16.4. The van der Waals surface area contributed by atoms with Crippen molar-refractivity contribution in [3.8, 4) is 5.88 Å². The standard InChI is InChI=1S/C25H22N4O5/c30-22(31)12-13-26-15-16-6-8-18(9-7-16)27-24(17-4-2-1-3-5-17)23-20-14-19(29(33)34)10-11-21(20)28-25(23)32/h1-11,14,26,28,32H,12-13,15H2,(H,30,31). The van der Waals surface area contributed by atoms with Crippen LogP contribution in [0.1, 0.15) is 23.1 Å². The minimum absolute atomic E-state index is 0.0507. The van der Waals surface area contributed by atoms with Crippen LogP contribution in [0.4, 0.5) is 11.4 Å². The van der Waals surface area contributed by atoms with Crippen LogP contribution < -0.4 is 5.32 Å². The first kappa shape index (κ1) is 22.7. The summed E-state index contributed by atoms with van der Waals surface area (Å²) in [6.45, 7) is 0.898. The number of carboxylic acid groups (broad SMARTS) is 1. The normalized spacial score (nSPS) is 11.6. The molecule has 9 nitrogen and oxygen atoms in total. The minimum atomic E-state index is -0.850. The number of aromatic amines is 1. The quantitative estimate of drug-likeness (QED) is 0.126. The second-order valence-electron chi connectivity index (χ2n) is 7.65. The van der Waals surface area contributed by atoms with E-state index < -0.39 is 10.9 Å². The Hall–Kier alpha value is -4.50. The van der Waals surface area contributed by atoms with Gasteiger partial charge in [-0.05, 0) is 23.8 Å². The second-order valence-corrected chi connectivity index (χ2v) is 7.65. The van der Waals surface area contributed by atoms with Gasteiger partial charge in [0.1, 0.15) is 0 Å². The number of carbonyl (C=O) groups is 1. The van der Waals surface area contributed by atoms with Crippen molar-refractivity contribution in [3.63, 3.8) is 0 Å².